The minimum atomic E-state index is -0.800. The largest absolute Gasteiger partial charge is 0.392 e. The lowest BCUT2D eigenvalue weighted by molar-refractivity contribution is -0.127. The van der Waals surface area contributed by atoms with Gasteiger partial charge in [-0.3, -0.25) is 9.78 Å². The molecule has 0 saturated heterocycles. The van der Waals surface area contributed by atoms with Crippen molar-refractivity contribution >= 4 is 23.1 Å². The summed E-state index contributed by atoms with van der Waals surface area (Å²) in [6.45, 7) is 5.57. The lowest BCUT2D eigenvalue weighted by Crippen LogP contribution is -2.47. The fourth-order valence-corrected chi connectivity index (χ4v) is 1.76. The molecule has 4 nitrogen and oxygen atoms in total. The third kappa shape index (κ3) is 3.04. The van der Waals surface area contributed by atoms with E-state index < -0.39 is 5.41 Å². The van der Waals surface area contributed by atoms with Crippen molar-refractivity contribution in [3.63, 3.8) is 0 Å². The molecule has 2 unspecified atom stereocenters. The summed E-state index contributed by atoms with van der Waals surface area (Å²) in [5.41, 5.74) is 5.81. The van der Waals surface area contributed by atoms with Crippen LogP contribution in [0.5, 0.6) is 0 Å². The van der Waals surface area contributed by atoms with Crippen LogP contribution in [0, 0.1) is 5.41 Å². The second-order valence-corrected chi connectivity index (χ2v) is 4.97. The van der Waals surface area contributed by atoms with Crippen LogP contribution in [-0.2, 0) is 4.79 Å². The first-order valence-corrected chi connectivity index (χ1v) is 6.33. The quantitative estimate of drug-likeness (QED) is 0.799. The maximum absolute atomic E-state index is 12.2. The van der Waals surface area contributed by atoms with E-state index in [2.05, 4.69) is 10.3 Å². The number of carbonyl (C=O) groups is 1. The van der Waals surface area contributed by atoms with Crippen molar-refractivity contribution in [2.75, 3.05) is 0 Å². The first-order valence-electron chi connectivity index (χ1n) is 5.92. The van der Waals surface area contributed by atoms with Gasteiger partial charge in [0, 0.05) is 12.4 Å². The van der Waals surface area contributed by atoms with Crippen LogP contribution in [0.25, 0.3) is 0 Å². The SMILES string of the molecule is CCC(C)(C(=O)NC(C)c1cccnc1)C(N)=S. The molecule has 0 saturated carbocycles. The van der Waals surface area contributed by atoms with E-state index in [1.54, 1.807) is 19.3 Å². The molecule has 18 heavy (non-hydrogen) atoms. The van der Waals surface area contributed by atoms with Gasteiger partial charge in [-0.05, 0) is 31.9 Å². The van der Waals surface area contributed by atoms with Crippen LogP contribution in [0.3, 0.4) is 0 Å². The summed E-state index contributed by atoms with van der Waals surface area (Å²) in [6.07, 6.45) is 4.01. The highest BCUT2D eigenvalue weighted by Crippen LogP contribution is 2.23. The number of rotatable bonds is 5. The van der Waals surface area contributed by atoms with Gasteiger partial charge < -0.3 is 11.1 Å². The number of nitrogens with one attached hydrogen (secondary N) is 1. The molecule has 5 heteroatoms. The highest BCUT2D eigenvalue weighted by molar-refractivity contribution is 7.80. The highest BCUT2D eigenvalue weighted by atomic mass is 32.1. The Morgan fingerprint density at radius 3 is 2.78 bits per heavy atom. The van der Waals surface area contributed by atoms with Crippen molar-refractivity contribution in [3.05, 3.63) is 30.1 Å². The number of aromatic nitrogens is 1. The smallest absolute Gasteiger partial charge is 0.233 e. The van der Waals surface area contributed by atoms with Crippen molar-refractivity contribution < 1.29 is 4.79 Å². The number of hydrogen-bond donors (Lipinski definition) is 2. The second-order valence-electron chi connectivity index (χ2n) is 4.53. The molecule has 0 aliphatic carbocycles. The fraction of sp³-hybridized carbons (Fsp3) is 0.462. The Morgan fingerprint density at radius 2 is 2.33 bits per heavy atom. The number of carbonyl (C=O) groups excluding carboxylic acids is 1. The van der Waals surface area contributed by atoms with E-state index in [-0.39, 0.29) is 16.9 Å². The maximum Gasteiger partial charge on any atom is 0.233 e. The molecule has 98 valence electrons. The van der Waals surface area contributed by atoms with Gasteiger partial charge in [-0.25, -0.2) is 0 Å². The number of amides is 1. The van der Waals surface area contributed by atoms with Crippen LogP contribution in [0.4, 0.5) is 0 Å². The third-order valence-corrected chi connectivity index (χ3v) is 3.73. The van der Waals surface area contributed by atoms with Crippen molar-refractivity contribution in [2.45, 2.75) is 33.2 Å². The van der Waals surface area contributed by atoms with Crippen molar-refractivity contribution in [3.8, 4) is 0 Å². The number of thiocarbonyl (C=S) groups is 1. The van der Waals surface area contributed by atoms with E-state index in [1.165, 1.54) is 0 Å². The summed E-state index contributed by atoms with van der Waals surface area (Å²) in [6, 6.07) is 3.64. The molecule has 1 heterocycles. The van der Waals surface area contributed by atoms with Gasteiger partial charge in [0.05, 0.1) is 16.4 Å². The zero-order valence-electron chi connectivity index (χ0n) is 10.9. The molecule has 1 rings (SSSR count). The Kier molecular flexibility index (Phi) is 4.78. The molecule has 0 spiro atoms. The monoisotopic (exact) mass is 265 g/mol. The van der Waals surface area contributed by atoms with Crippen molar-refractivity contribution in [1.82, 2.24) is 10.3 Å². The van der Waals surface area contributed by atoms with Crippen molar-refractivity contribution in [1.29, 1.82) is 0 Å². The minimum Gasteiger partial charge on any atom is -0.392 e. The predicted molar refractivity (Wildman–Crippen MR) is 76.0 cm³/mol. The number of hydrogen-bond acceptors (Lipinski definition) is 3. The molecule has 1 aromatic heterocycles. The Labute approximate surface area is 113 Å². The Morgan fingerprint density at radius 1 is 1.67 bits per heavy atom. The van der Waals surface area contributed by atoms with Gasteiger partial charge in [-0.1, -0.05) is 25.2 Å². The van der Waals surface area contributed by atoms with Gasteiger partial charge in [0.15, 0.2) is 0 Å². The van der Waals surface area contributed by atoms with E-state index >= 15 is 0 Å². The second kappa shape index (κ2) is 5.91. The van der Waals surface area contributed by atoms with Gasteiger partial charge in [0.2, 0.25) is 5.91 Å². The van der Waals surface area contributed by atoms with E-state index in [1.807, 2.05) is 26.0 Å². The van der Waals surface area contributed by atoms with Crippen LogP contribution in [-0.4, -0.2) is 15.9 Å². The summed E-state index contributed by atoms with van der Waals surface area (Å²) in [5.74, 6) is -0.145. The molecule has 0 fully saturated rings. The number of pyridine rings is 1. The minimum absolute atomic E-state index is 0.119. The predicted octanol–water partition coefficient (Wildman–Crippen LogP) is 1.96. The molecule has 0 aromatic carbocycles. The summed E-state index contributed by atoms with van der Waals surface area (Å²) in [7, 11) is 0. The molecule has 0 bridgehead atoms. The molecule has 0 aliphatic rings. The van der Waals surface area contributed by atoms with Gasteiger partial charge in [0.25, 0.3) is 0 Å². The molecular formula is C13H19N3OS. The standard InChI is InChI=1S/C13H19N3OS/c1-4-13(3,11(14)18)12(17)16-9(2)10-6-5-7-15-8-10/h5-9H,4H2,1-3H3,(H2,14,18)(H,16,17). The van der Waals surface area contributed by atoms with E-state index in [4.69, 9.17) is 18.0 Å². The van der Waals surface area contributed by atoms with Gasteiger partial charge in [-0.2, -0.15) is 0 Å². The zero-order valence-corrected chi connectivity index (χ0v) is 11.8. The molecule has 1 aromatic rings. The zero-order chi connectivity index (χ0) is 13.8. The van der Waals surface area contributed by atoms with E-state index in [9.17, 15) is 4.79 Å². The molecule has 1 amide bonds. The van der Waals surface area contributed by atoms with Gasteiger partial charge in [0.1, 0.15) is 0 Å². The third-order valence-electron chi connectivity index (χ3n) is 3.28. The van der Waals surface area contributed by atoms with Crippen LogP contribution in [0.1, 0.15) is 38.8 Å². The highest BCUT2D eigenvalue weighted by Gasteiger charge is 2.35. The summed E-state index contributed by atoms with van der Waals surface area (Å²) in [5, 5.41) is 2.92. The molecule has 0 radical (unpaired) electrons. The fourth-order valence-electron chi connectivity index (χ4n) is 1.52. The average molecular weight is 265 g/mol. The van der Waals surface area contributed by atoms with Gasteiger partial charge >= 0.3 is 0 Å². The number of nitrogens with two attached hydrogens (primary N) is 1. The Balaban J connectivity index is 2.79. The lowest BCUT2D eigenvalue weighted by atomic mass is 9.86. The summed E-state index contributed by atoms with van der Waals surface area (Å²) < 4.78 is 0. The van der Waals surface area contributed by atoms with Gasteiger partial charge in [-0.15, -0.1) is 0 Å². The molecule has 2 atom stereocenters. The topological polar surface area (TPSA) is 68.0 Å². The van der Waals surface area contributed by atoms with Crippen molar-refractivity contribution in [2.24, 2.45) is 11.1 Å². The maximum atomic E-state index is 12.2. The molecule has 0 aliphatic heterocycles. The summed E-state index contributed by atoms with van der Waals surface area (Å²) in [4.78, 5) is 16.5. The normalized spacial score (nSPS) is 15.5. The summed E-state index contributed by atoms with van der Waals surface area (Å²) >= 11 is 4.98. The molecular weight excluding hydrogens is 246 g/mol. The van der Waals surface area contributed by atoms with Crippen LogP contribution >= 0.6 is 12.2 Å². The first kappa shape index (κ1) is 14.6. The van der Waals surface area contributed by atoms with Crippen LogP contribution in [0.2, 0.25) is 0 Å². The average Bonchev–Trinajstić information content (AvgIpc) is 2.38. The van der Waals surface area contributed by atoms with E-state index in [0.717, 1.165) is 5.56 Å². The Bertz CT molecular complexity index is 435. The van der Waals surface area contributed by atoms with E-state index in [0.29, 0.717) is 6.42 Å². The van der Waals surface area contributed by atoms with Crippen LogP contribution < -0.4 is 11.1 Å². The number of nitrogens with zero attached hydrogens (tertiary/aromatic N) is 1. The van der Waals surface area contributed by atoms with Crippen LogP contribution in [0.15, 0.2) is 24.5 Å². The molecule has 3 N–H and O–H groups in total. The Hall–Kier alpha value is -1.49. The first-order chi connectivity index (χ1) is 8.41. The lowest BCUT2D eigenvalue weighted by Gasteiger charge is -2.27.